The van der Waals surface area contributed by atoms with Crippen molar-refractivity contribution < 1.29 is 4.79 Å². The van der Waals surface area contributed by atoms with Gasteiger partial charge in [0.2, 0.25) is 0 Å². The molecule has 0 saturated carbocycles. The molecule has 10 heavy (non-hydrogen) atoms. The Labute approximate surface area is 72.3 Å². The molecule has 4 heteroatoms. The number of hydrogen-bond donors (Lipinski definition) is 1. The number of rotatable bonds is 4. The first-order valence-corrected chi connectivity index (χ1v) is 4.15. The first-order chi connectivity index (χ1) is 4.31. The second kappa shape index (κ2) is 9.27. The Morgan fingerprint density at radius 3 is 2.60 bits per heavy atom. The number of halogens is 1. The molecule has 0 spiro atoms. The largest absolute Gasteiger partial charge is 0.330 e. The van der Waals surface area contributed by atoms with Gasteiger partial charge in [0.15, 0.2) is 5.12 Å². The molecular weight excluding hydrogens is 170 g/mol. The van der Waals surface area contributed by atoms with Gasteiger partial charge in [-0.3, -0.25) is 4.79 Å². The quantitative estimate of drug-likeness (QED) is 0.717. The highest BCUT2D eigenvalue weighted by Crippen LogP contribution is 2.04. The first kappa shape index (κ1) is 12.9. The fourth-order valence-corrected chi connectivity index (χ4v) is 1.14. The minimum atomic E-state index is 0. The predicted molar refractivity (Wildman–Crippen MR) is 48.7 cm³/mol. The van der Waals surface area contributed by atoms with Crippen LogP contribution in [0.4, 0.5) is 0 Å². The van der Waals surface area contributed by atoms with Gasteiger partial charge in [0.1, 0.15) is 0 Å². The van der Waals surface area contributed by atoms with Crippen LogP contribution in [-0.2, 0) is 4.79 Å². The Morgan fingerprint density at radius 1 is 1.60 bits per heavy atom. The lowest BCUT2D eigenvalue weighted by atomic mass is 10.4. The maximum atomic E-state index is 10.7. The summed E-state index contributed by atoms with van der Waals surface area (Å²) in [5.41, 5.74) is 5.20. The zero-order valence-electron chi connectivity index (χ0n) is 6.13. The number of thioether (sulfide) groups is 1. The molecule has 0 aromatic heterocycles. The van der Waals surface area contributed by atoms with Gasteiger partial charge in [0.05, 0.1) is 0 Å². The summed E-state index contributed by atoms with van der Waals surface area (Å²) in [5, 5.41) is 0.267. The minimum absolute atomic E-state index is 0. The Hall–Kier alpha value is 0.270. The maximum absolute atomic E-state index is 10.7. The van der Waals surface area contributed by atoms with E-state index in [2.05, 4.69) is 0 Å². The molecule has 0 bridgehead atoms. The molecule has 0 heterocycles. The third kappa shape index (κ3) is 8.27. The van der Waals surface area contributed by atoms with Gasteiger partial charge in [0, 0.05) is 18.7 Å². The number of carbonyl (C=O) groups is 1. The van der Waals surface area contributed by atoms with E-state index >= 15 is 0 Å². The Balaban J connectivity index is 0. The first-order valence-electron chi connectivity index (χ1n) is 3.17. The Bertz CT molecular complexity index is 89.8. The lowest BCUT2D eigenvalue weighted by Gasteiger charge is -1.93. The molecule has 0 atom stereocenters. The number of carbonyl (C=O) groups excluding carboxylic acids is 1. The van der Waals surface area contributed by atoms with Crippen LogP contribution in [0.2, 0.25) is 0 Å². The molecule has 0 aromatic rings. The fraction of sp³-hybridized carbons (Fsp3) is 0.833. The zero-order valence-corrected chi connectivity index (χ0v) is 7.76. The molecule has 0 fully saturated rings. The summed E-state index contributed by atoms with van der Waals surface area (Å²) in [6, 6.07) is 0. The molecule has 0 saturated heterocycles. The topological polar surface area (TPSA) is 43.1 Å². The summed E-state index contributed by atoms with van der Waals surface area (Å²) in [5.74, 6) is 0.763. The monoisotopic (exact) mass is 183 g/mol. The molecule has 0 aliphatic heterocycles. The smallest absolute Gasteiger partial charge is 0.188 e. The van der Waals surface area contributed by atoms with Gasteiger partial charge in [-0.1, -0.05) is 18.7 Å². The van der Waals surface area contributed by atoms with Crippen LogP contribution >= 0.6 is 24.2 Å². The Morgan fingerprint density at radius 2 is 2.20 bits per heavy atom. The fourth-order valence-electron chi connectivity index (χ4n) is 0.449. The summed E-state index contributed by atoms with van der Waals surface area (Å²) >= 11 is 1.34. The maximum Gasteiger partial charge on any atom is 0.188 e. The van der Waals surface area contributed by atoms with Crippen molar-refractivity contribution in [1.82, 2.24) is 0 Å². The molecule has 0 unspecified atom stereocenters. The van der Waals surface area contributed by atoms with Crippen molar-refractivity contribution in [3.8, 4) is 0 Å². The summed E-state index contributed by atoms with van der Waals surface area (Å²) in [6.07, 6.45) is 1.63. The number of nitrogens with two attached hydrogens (primary N) is 1. The normalized spacial score (nSPS) is 8.60. The van der Waals surface area contributed by atoms with Crippen molar-refractivity contribution in [3.05, 3.63) is 0 Å². The third-order valence-electron chi connectivity index (χ3n) is 0.835. The average Bonchev–Trinajstić information content (AvgIpc) is 1.85. The van der Waals surface area contributed by atoms with Gasteiger partial charge in [-0.2, -0.15) is 0 Å². The van der Waals surface area contributed by atoms with E-state index in [0.717, 1.165) is 12.2 Å². The summed E-state index contributed by atoms with van der Waals surface area (Å²) in [6.45, 7) is 2.60. The van der Waals surface area contributed by atoms with Crippen LogP contribution in [-0.4, -0.2) is 17.4 Å². The summed E-state index contributed by atoms with van der Waals surface area (Å²) in [7, 11) is 0. The van der Waals surface area contributed by atoms with Crippen LogP contribution < -0.4 is 5.73 Å². The van der Waals surface area contributed by atoms with Crippen LogP contribution in [0.3, 0.4) is 0 Å². The van der Waals surface area contributed by atoms with Crippen LogP contribution in [0.1, 0.15) is 19.8 Å². The van der Waals surface area contributed by atoms with E-state index in [1.54, 1.807) is 0 Å². The van der Waals surface area contributed by atoms with Crippen LogP contribution in [0, 0.1) is 0 Å². The highest BCUT2D eigenvalue weighted by atomic mass is 35.5. The molecule has 2 nitrogen and oxygen atoms in total. The van der Waals surface area contributed by atoms with Crippen molar-refractivity contribution in [2.75, 3.05) is 12.3 Å². The molecule has 0 aromatic carbocycles. The van der Waals surface area contributed by atoms with Crippen molar-refractivity contribution in [2.24, 2.45) is 5.73 Å². The molecule has 0 aliphatic rings. The predicted octanol–water partition coefficient (Wildman–Crippen LogP) is 1.43. The molecule has 0 radical (unpaired) electrons. The van der Waals surface area contributed by atoms with E-state index in [4.69, 9.17) is 5.73 Å². The third-order valence-corrected chi connectivity index (χ3v) is 1.80. The molecule has 2 N–H and O–H groups in total. The van der Waals surface area contributed by atoms with E-state index in [0.29, 0.717) is 13.0 Å². The lowest BCUT2D eigenvalue weighted by Crippen LogP contribution is -2.03. The van der Waals surface area contributed by atoms with Gasteiger partial charge < -0.3 is 5.73 Å². The standard InChI is InChI=1S/C6H13NOS.ClH/c1-2-3-6(8)9-5-4-7;/h2-5,7H2,1H3;1H. The van der Waals surface area contributed by atoms with Crippen LogP contribution in [0.25, 0.3) is 0 Å². The SMILES string of the molecule is CCCC(=O)SCCN.Cl. The van der Waals surface area contributed by atoms with E-state index in [-0.39, 0.29) is 17.5 Å². The number of hydrogen-bond acceptors (Lipinski definition) is 3. The van der Waals surface area contributed by atoms with Crippen LogP contribution in [0.15, 0.2) is 0 Å². The van der Waals surface area contributed by atoms with Crippen molar-refractivity contribution in [3.63, 3.8) is 0 Å². The second-order valence-electron chi connectivity index (χ2n) is 1.76. The van der Waals surface area contributed by atoms with Gasteiger partial charge in [-0.15, -0.1) is 12.4 Å². The highest BCUT2D eigenvalue weighted by Gasteiger charge is 1.97. The van der Waals surface area contributed by atoms with E-state index in [1.165, 1.54) is 11.8 Å². The molecule has 0 rings (SSSR count). The van der Waals surface area contributed by atoms with Gasteiger partial charge in [-0.25, -0.2) is 0 Å². The van der Waals surface area contributed by atoms with Crippen molar-refractivity contribution in [1.29, 1.82) is 0 Å². The minimum Gasteiger partial charge on any atom is -0.330 e. The van der Waals surface area contributed by atoms with Gasteiger partial charge >= 0.3 is 0 Å². The van der Waals surface area contributed by atoms with Gasteiger partial charge in [0.25, 0.3) is 0 Å². The lowest BCUT2D eigenvalue weighted by molar-refractivity contribution is -0.111. The molecule has 0 amide bonds. The second-order valence-corrected chi connectivity index (χ2v) is 2.91. The molecule has 0 aliphatic carbocycles. The van der Waals surface area contributed by atoms with E-state index < -0.39 is 0 Å². The average molecular weight is 184 g/mol. The van der Waals surface area contributed by atoms with Crippen molar-refractivity contribution >= 4 is 29.3 Å². The highest BCUT2D eigenvalue weighted by molar-refractivity contribution is 8.13. The molecule has 62 valence electrons. The van der Waals surface area contributed by atoms with Gasteiger partial charge in [-0.05, 0) is 6.42 Å². The van der Waals surface area contributed by atoms with Crippen molar-refractivity contribution in [2.45, 2.75) is 19.8 Å². The summed E-state index contributed by atoms with van der Waals surface area (Å²) < 4.78 is 0. The van der Waals surface area contributed by atoms with E-state index in [1.807, 2.05) is 6.92 Å². The zero-order chi connectivity index (χ0) is 7.11. The summed E-state index contributed by atoms with van der Waals surface area (Å²) in [4.78, 5) is 10.7. The van der Waals surface area contributed by atoms with Crippen LogP contribution in [0.5, 0.6) is 0 Å². The Kier molecular flexibility index (Phi) is 12.0. The molecular formula is C6H14ClNOS. The van der Waals surface area contributed by atoms with E-state index in [9.17, 15) is 4.79 Å².